The van der Waals surface area contributed by atoms with E-state index in [1.54, 1.807) is 13.8 Å². The maximum atomic E-state index is 11.9. The molecule has 10 nitrogen and oxygen atoms in total. The van der Waals surface area contributed by atoms with E-state index in [0.717, 1.165) is 32.9 Å². The van der Waals surface area contributed by atoms with Crippen molar-refractivity contribution in [3.8, 4) is 0 Å². The number of H-pyrrole nitrogens is 2. The number of carbonyl (C=O) groups is 3. The van der Waals surface area contributed by atoms with E-state index in [-0.39, 0.29) is 24.3 Å². The summed E-state index contributed by atoms with van der Waals surface area (Å²) in [5.41, 5.74) is 9.88. The average molecular weight is 644 g/mol. The van der Waals surface area contributed by atoms with Gasteiger partial charge < -0.3 is 35.4 Å². The molecule has 4 rings (SSSR count). The van der Waals surface area contributed by atoms with Crippen LogP contribution in [0.3, 0.4) is 0 Å². The Balaban J connectivity index is 0.000000369. The molecule has 2 heterocycles. The molecule has 2 atom stereocenters. The zero-order valence-electron chi connectivity index (χ0n) is 27.4. The third kappa shape index (κ3) is 12.6. The number of fused-ring (bicyclic) bond motifs is 2. The molecule has 0 fully saturated rings. The predicted molar refractivity (Wildman–Crippen MR) is 184 cm³/mol. The lowest BCUT2D eigenvalue weighted by Crippen LogP contribution is -2.42. The van der Waals surface area contributed by atoms with Crippen LogP contribution in [0.5, 0.6) is 0 Å². The number of ether oxygens (including phenoxy) is 2. The second kappa shape index (κ2) is 21.0. The number of hydrogen-bond acceptors (Lipinski definition) is 7. The zero-order valence-corrected chi connectivity index (χ0v) is 28.2. The number of halogens is 1. The first-order valence-electron chi connectivity index (χ1n) is 15.4. The van der Waals surface area contributed by atoms with E-state index in [0.29, 0.717) is 26.1 Å². The number of rotatable bonds is 12. The van der Waals surface area contributed by atoms with Crippen LogP contribution in [-0.4, -0.2) is 77.6 Å². The van der Waals surface area contributed by atoms with Crippen LogP contribution in [0.25, 0.3) is 21.8 Å². The second-order valence-electron chi connectivity index (χ2n) is 10.1. The molecule has 11 heteroatoms. The van der Waals surface area contributed by atoms with E-state index >= 15 is 0 Å². The topological polar surface area (TPSA) is 143 Å². The van der Waals surface area contributed by atoms with E-state index in [1.165, 1.54) is 26.6 Å². The molecule has 4 aromatic rings. The van der Waals surface area contributed by atoms with Gasteiger partial charge in [0.2, 0.25) is 5.91 Å². The molecule has 0 saturated carbocycles. The predicted octanol–water partition coefficient (Wildman–Crippen LogP) is 5.15. The molecular formula is C34H50ClN5O5. The number of nitrogens with two attached hydrogens (primary N) is 1. The maximum absolute atomic E-state index is 11.9. The molecule has 5 N–H and O–H groups in total. The van der Waals surface area contributed by atoms with Crippen LogP contribution in [0.4, 0.5) is 0 Å². The Morgan fingerprint density at radius 2 is 1.20 bits per heavy atom. The number of amides is 1. The molecule has 0 saturated heterocycles. The number of benzene rings is 2. The molecule has 0 bridgehead atoms. The lowest BCUT2D eigenvalue weighted by atomic mass is 10.0. The number of para-hydroxylation sites is 2. The van der Waals surface area contributed by atoms with Gasteiger partial charge in [0.15, 0.2) is 0 Å². The number of nitrogens with one attached hydrogen (secondary N) is 3. The molecule has 45 heavy (non-hydrogen) atoms. The van der Waals surface area contributed by atoms with Gasteiger partial charge in [-0.05, 0) is 56.7 Å². The van der Waals surface area contributed by atoms with E-state index in [1.807, 2.05) is 60.9 Å². The number of nitrogens with zero attached hydrogens (tertiary/aromatic N) is 1. The molecule has 0 aliphatic carbocycles. The quantitative estimate of drug-likeness (QED) is 0.156. The average Bonchev–Trinajstić information content (AvgIpc) is 3.62. The third-order valence-electron chi connectivity index (χ3n) is 7.09. The summed E-state index contributed by atoms with van der Waals surface area (Å²) < 4.78 is 9.89. The fourth-order valence-corrected chi connectivity index (χ4v) is 4.74. The summed E-state index contributed by atoms with van der Waals surface area (Å²) in [6.45, 7) is 15.7. The van der Waals surface area contributed by atoms with Crippen LogP contribution in [0.1, 0.15) is 52.7 Å². The van der Waals surface area contributed by atoms with E-state index < -0.39 is 18.1 Å². The van der Waals surface area contributed by atoms with Gasteiger partial charge in [0.1, 0.15) is 12.1 Å². The van der Waals surface area contributed by atoms with Crippen molar-refractivity contribution in [3.05, 3.63) is 72.1 Å². The molecule has 1 amide bonds. The molecule has 0 aliphatic heterocycles. The molecule has 0 unspecified atom stereocenters. The lowest BCUT2D eigenvalue weighted by molar-refractivity contribution is -0.147. The summed E-state index contributed by atoms with van der Waals surface area (Å²) in [4.78, 5) is 43.3. The van der Waals surface area contributed by atoms with Crippen molar-refractivity contribution in [2.45, 2.75) is 66.5 Å². The van der Waals surface area contributed by atoms with Crippen LogP contribution in [0, 0.1) is 0 Å². The minimum Gasteiger partial charge on any atom is -0.465 e. The normalized spacial score (nSPS) is 11.7. The molecule has 0 spiro atoms. The van der Waals surface area contributed by atoms with Gasteiger partial charge in [-0.25, -0.2) is 4.79 Å². The minimum atomic E-state index is -0.661. The van der Waals surface area contributed by atoms with Gasteiger partial charge in [-0.3, -0.25) is 9.59 Å². The van der Waals surface area contributed by atoms with Gasteiger partial charge >= 0.3 is 11.9 Å². The summed E-state index contributed by atoms with van der Waals surface area (Å²) in [6.07, 6.45) is 4.65. The molecule has 0 aliphatic rings. The van der Waals surface area contributed by atoms with Crippen molar-refractivity contribution >= 4 is 52.1 Å². The van der Waals surface area contributed by atoms with Crippen molar-refractivity contribution in [1.82, 2.24) is 20.2 Å². The smallest absolute Gasteiger partial charge is 0.328 e. The SMILES string of the molecule is CCN(CC)CC.CCOC(=O)[C@@H](N)Cc1c[nH]c2ccccc12.CCOC(=O)[C@H](Cc1c[nH]c2ccccc12)NC(C)=O.Cl. The third-order valence-corrected chi connectivity index (χ3v) is 7.09. The van der Waals surface area contributed by atoms with Gasteiger partial charge in [-0.2, -0.15) is 0 Å². The summed E-state index contributed by atoms with van der Waals surface area (Å²) >= 11 is 0. The summed E-state index contributed by atoms with van der Waals surface area (Å²) in [5.74, 6) is -1.01. The standard InChI is InChI=1S/C15H18N2O3.C13H16N2O2.C6H15N.ClH/c1-3-20-15(19)14(17-10(2)18)8-11-9-16-13-7-5-4-6-12(11)13;1-2-17-13(16)11(14)7-9-8-15-12-6-4-3-5-10(9)12;1-4-7(5-2)6-3;/h4-7,9,14,16H,3,8H2,1-2H3,(H,17,18);3-6,8,11,15H,2,7,14H2,1H3;4-6H2,1-3H3;1H/t14-;11-;;/m00../s1. The molecule has 248 valence electrons. The Labute approximate surface area is 272 Å². The van der Waals surface area contributed by atoms with Crippen molar-refractivity contribution in [1.29, 1.82) is 0 Å². The van der Waals surface area contributed by atoms with Gasteiger partial charge in [0, 0.05) is 54.0 Å². The summed E-state index contributed by atoms with van der Waals surface area (Å²) in [7, 11) is 0. The monoisotopic (exact) mass is 643 g/mol. The highest BCUT2D eigenvalue weighted by molar-refractivity contribution is 5.87. The first-order valence-corrected chi connectivity index (χ1v) is 15.4. The van der Waals surface area contributed by atoms with Crippen molar-refractivity contribution < 1.29 is 23.9 Å². The van der Waals surface area contributed by atoms with Crippen LogP contribution in [0.2, 0.25) is 0 Å². The van der Waals surface area contributed by atoms with Gasteiger partial charge in [-0.1, -0.05) is 57.2 Å². The number of esters is 2. The minimum absolute atomic E-state index is 0. The van der Waals surface area contributed by atoms with Crippen LogP contribution in [-0.2, 0) is 36.7 Å². The summed E-state index contributed by atoms with van der Waals surface area (Å²) in [6, 6.07) is 14.5. The number of aromatic nitrogens is 2. The highest BCUT2D eigenvalue weighted by Crippen LogP contribution is 2.20. The summed E-state index contributed by atoms with van der Waals surface area (Å²) in [5, 5.41) is 4.79. The molecule has 0 radical (unpaired) electrons. The van der Waals surface area contributed by atoms with Gasteiger partial charge in [0.05, 0.1) is 13.2 Å². The molecule has 2 aromatic heterocycles. The molecule has 2 aromatic carbocycles. The second-order valence-corrected chi connectivity index (χ2v) is 10.1. The fraction of sp³-hybridized carbons (Fsp3) is 0.441. The lowest BCUT2D eigenvalue weighted by Gasteiger charge is -2.15. The maximum Gasteiger partial charge on any atom is 0.328 e. The number of carbonyl (C=O) groups excluding carboxylic acids is 3. The van der Waals surface area contributed by atoms with Crippen molar-refractivity contribution in [3.63, 3.8) is 0 Å². The van der Waals surface area contributed by atoms with E-state index in [4.69, 9.17) is 15.2 Å². The zero-order chi connectivity index (χ0) is 32.5. The highest BCUT2D eigenvalue weighted by atomic mass is 35.5. The Bertz CT molecular complexity index is 1440. The molecular weight excluding hydrogens is 594 g/mol. The Kier molecular flexibility index (Phi) is 18.3. The van der Waals surface area contributed by atoms with Crippen LogP contribution in [0.15, 0.2) is 60.9 Å². The fourth-order valence-electron chi connectivity index (χ4n) is 4.74. The van der Waals surface area contributed by atoms with E-state index in [2.05, 4.69) is 41.0 Å². The van der Waals surface area contributed by atoms with Crippen LogP contribution < -0.4 is 11.1 Å². The first kappa shape index (κ1) is 39.2. The van der Waals surface area contributed by atoms with Crippen molar-refractivity contribution in [2.24, 2.45) is 5.73 Å². The Hall–Kier alpha value is -3.86. The van der Waals surface area contributed by atoms with E-state index in [9.17, 15) is 14.4 Å². The Morgan fingerprint density at radius 1 is 0.756 bits per heavy atom. The highest BCUT2D eigenvalue weighted by Gasteiger charge is 2.22. The first-order chi connectivity index (χ1) is 21.2. The van der Waals surface area contributed by atoms with Gasteiger partial charge in [0.25, 0.3) is 0 Å². The van der Waals surface area contributed by atoms with Crippen LogP contribution >= 0.6 is 12.4 Å². The largest absolute Gasteiger partial charge is 0.465 e. The van der Waals surface area contributed by atoms with Crippen molar-refractivity contribution in [2.75, 3.05) is 32.8 Å². The van der Waals surface area contributed by atoms with Gasteiger partial charge in [-0.15, -0.1) is 12.4 Å². The Morgan fingerprint density at radius 3 is 1.62 bits per heavy atom. The number of aromatic amines is 2. The number of hydrogen-bond donors (Lipinski definition) is 4.